The molecule has 166 valence electrons. The maximum absolute atomic E-state index is 8.74. The zero-order valence-electron chi connectivity index (χ0n) is 9.24. The normalized spacial score (nSPS) is 7.57. The van der Waals surface area contributed by atoms with E-state index in [1.165, 1.54) is 0 Å². The van der Waals surface area contributed by atoms with Gasteiger partial charge in [0, 0.05) is 83.6 Å². The van der Waals surface area contributed by atoms with Crippen LogP contribution < -0.4 is 0 Å². The van der Waals surface area contributed by atoms with E-state index < -0.39 is 31.2 Å². The van der Waals surface area contributed by atoms with Crippen LogP contribution in [0.25, 0.3) is 0 Å². The Morgan fingerprint density at radius 2 is 0.391 bits per heavy atom. The molecule has 0 spiro atoms. The van der Waals surface area contributed by atoms with Crippen molar-refractivity contribution in [1.29, 1.82) is 0 Å². The average molecular weight is 691 g/mol. The van der Waals surface area contributed by atoms with Gasteiger partial charge in [-0.05, 0) is 0 Å². The van der Waals surface area contributed by atoms with Crippen molar-refractivity contribution in [2.75, 3.05) is 0 Å². The van der Waals surface area contributed by atoms with Gasteiger partial charge in [-0.1, -0.05) is 0 Å². The third-order valence-corrected chi connectivity index (χ3v) is 0. The van der Waals surface area contributed by atoms with Crippen LogP contribution in [0.2, 0.25) is 0 Å². The third-order valence-electron chi connectivity index (χ3n) is 0. The van der Waals surface area contributed by atoms with Crippen LogP contribution in [0.1, 0.15) is 0 Å². The first-order valence-electron chi connectivity index (χ1n) is 2.10. The van der Waals surface area contributed by atoms with Gasteiger partial charge in [-0.2, -0.15) is 25.3 Å². The van der Waals surface area contributed by atoms with E-state index in [9.17, 15) is 0 Å². The first kappa shape index (κ1) is 72.2. The number of halogens is 3. The van der Waals surface area contributed by atoms with Gasteiger partial charge in [-0.15, -0.1) is 37.2 Å². The van der Waals surface area contributed by atoms with E-state index in [-0.39, 0.29) is 121 Å². The Hall–Kier alpha value is 3.00. The van der Waals surface area contributed by atoms with Crippen LogP contribution in [-0.4, -0.2) is 52.6 Å². The van der Waals surface area contributed by atoms with Gasteiger partial charge < -0.3 is 0 Å². The van der Waals surface area contributed by atoms with Crippen molar-refractivity contribution in [3.8, 4) is 0 Å². The Labute approximate surface area is 202 Å². The van der Waals surface area contributed by atoms with Crippen molar-refractivity contribution in [3.63, 3.8) is 0 Å². The minimum atomic E-state index is -4.67. The number of hydrogen-bond acceptors (Lipinski definition) is 6. The van der Waals surface area contributed by atoms with Crippen LogP contribution in [0.15, 0.2) is 0 Å². The topological polar surface area (TPSA) is 224 Å². The standard InChI is InChI=1S/3ClH.2Fe.3Ni.3H2O4S/c;;;;;;;;3*1-5(2,3)4/h3*1H;;;;;;3*(H2,1,2,3,4). The van der Waals surface area contributed by atoms with E-state index in [1.807, 2.05) is 0 Å². The molecule has 0 aromatic heterocycles. The van der Waals surface area contributed by atoms with Crippen LogP contribution in [0.3, 0.4) is 0 Å². The molecule has 0 rings (SSSR count). The minimum absolute atomic E-state index is 0. The van der Waals surface area contributed by atoms with Crippen LogP contribution in [0.5, 0.6) is 0 Å². The second kappa shape index (κ2) is 32.7. The summed E-state index contributed by atoms with van der Waals surface area (Å²) in [5.74, 6) is 0. The summed E-state index contributed by atoms with van der Waals surface area (Å²) in [5.41, 5.74) is 0. The first-order chi connectivity index (χ1) is 6.00. The van der Waals surface area contributed by atoms with Crippen LogP contribution in [0, 0.1) is 0 Å². The van der Waals surface area contributed by atoms with Crippen molar-refractivity contribution >= 4 is 68.4 Å². The number of rotatable bonds is 0. The molecular formula is H9Cl3Fe2Ni3O12S3. The Bertz CT molecular complexity index is 366. The van der Waals surface area contributed by atoms with Crippen molar-refractivity contribution in [3.05, 3.63) is 0 Å². The Morgan fingerprint density at radius 3 is 0.391 bits per heavy atom. The molecule has 0 bridgehead atoms. The van der Waals surface area contributed by atoms with Gasteiger partial charge in [0.2, 0.25) is 0 Å². The molecule has 0 radical (unpaired) electrons. The Morgan fingerprint density at radius 1 is 0.391 bits per heavy atom. The summed E-state index contributed by atoms with van der Waals surface area (Å²) >= 11 is 0. The predicted octanol–water partition coefficient (Wildman–Crippen LogP) is -0.705. The van der Waals surface area contributed by atoms with Gasteiger partial charge in [-0.25, -0.2) is 0 Å². The van der Waals surface area contributed by atoms with E-state index in [1.54, 1.807) is 0 Å². The molecule has 0 aromatic rings. The fourth-order valence-corrected chi connectivity index (χ4v) is 0. The van der Waals surface area contributed by atoms with Gasteiger partial charge in [0.05, 0.1) is 0 Å². The van der Waals surface area contributed by atoms with Crippen LogP contribution >= 0.6 is 37.2 Å². The molecular weight excluding hydrogens is 682 g/mol. The summed E-state index contributed by atoms with van der Waals surface area (Å²) in [6.45, 7) is 0. The molecule has 0 aliphatic rings. The molecule has 0 saturated carbocycles. The third kappa shape index (κ3) is 1470. The van der Waals surface area contributed by atoms with Crippen molar-refractivity contribution in [2.45, 2.75) is 0 Å². The van der Waals surface area contributed by atoms with Crippen LogP contribution in [0.4, 0.5) is 0 Å². The van der Waals surface area contributed by atoms with Gasteiger partial charge in [0.25, 0.3) is 0 Å². The molecule has 0 amide bonds. The second-order valence-corrected chi connectivity index (χ2v) is 4.03. The van der Waals surface area contributed by atoms with Gasteiger partial charge in [0.15, 0.2) is 0 Å². The van der Waals surface area contributed by atoms with Gasteiger partial charge in [-0.3, -0.25) is 27.3 Å². The van der Waals surface area contributed by atoms with E-state index in [2.05, 4.69) is 0 Å². The Kier molecular flexibility index (Phi) is 103. The quantitative estimate of drug-likeness (QED) is 0.137. The summed E-state index contributed by atoms with van der Waals surface area (Å²) in [4.78, 5) is 0. The fraction of sp³-hybridized carbons (Fsp3) is 0. The molecule has 0 heterocycles. The van der Waals surface area contributed by atoms with Crippen molar-refractivity contribution in [2.24, 2.45) is 0 Å². The molecule has 0 saturated heterocycles. The first-order valence-corrected chi connectivity index (χ1v) is 6.29. The minimum Gasteiger partial charge on any atom is -0.264 e. The van der Waals surface area contributed by atoms with E-state index in [0.717, 1.165) is 0 Å². The molecule has 0 aliphatic carbocycles. The largest absolute Gasteiger partial charge is 0.394 e. The Balaban J connectivity index is -0.00000000889. The van der Waals surface area contributed by atoms with Gasteiger partial charge >= 0.3 is 31.2 Å². The average Bonchev–Trinajstić information content (AvgIpc) is 1.41. The summed E-state index contributed by atoms with van der Waals surface area (Å²) in [6.07, 6.45) is 0. The summed E-state index contributed by atoms with van der Waals surface area (Å²) in [6, 6.07) is 0. The molecule has 0 aliphatic heterocycles. The smallest absolute Gasteiger partial charge is 0.264 e. The molecule has 6 N–H and O–H groups in total. The SMILES string of the molecule is Cl.Cl.Cl.O=S(=O)(O)O.O=S(=O)(O)O.O=S(=O)(O)O.[Fe].[Fe].[Ni].[Ni].[Ni]. The molecule has 12 nitrogen and oxygen atoms in total. The fourth-order valence-electron chi connectivity index (χ4n) is 0. The molecule has 0 atom stereocenters. The molecule has 23 heteroatoms. The molecule has 0 aromatic carbocycles. The summed E-state index contributed by atoms with van der Waals surface area (Å²) in [7, 11) is -14.0. The van der Waals surface area contributed by atoms with Crippen LogP contribution in [-0.2, 0) is 115 Å². The van der Waals surface area contributed by atoms with Crippen molar-refractivity contribution in [1.82, 2.24) is 0 Å². The molecule has 0 unspecified atom stereocenters. The van der Waals surface area contributed by atoms with E-state index in [4.69, 9.17) is 52.6 Å². The second-order valence-electron chi connectivity index (χ2n) is 1.34. The molecule has 0 fully saturated rings. The van der Waals surface area contributed by atoms with Crippen molar-refractivity contribution < 1.29 is 136 Å². The maximum atomic E-state index is 8.74. The maximum Gasteiger partial charge on any atom is 0.394 e. The molecule has 23 heavy (non-hydrogen) atoms. The van der Waals surface area contributed by atoms with Gasteiger partial charge in [0.1, 0.15) is 0 Å². The zero-order chi connectivity index (χ0) is 13.5. The monoisotopic (exact) mass is 688 g/mol. The zero-order valence-corrected chi connectivity index (χ0v) is 19.3. The predicted molar refractivity (Wildman–Crippen MR) is 64.3 cm³/mol. The van der Waals surface area contributed by atoms with E-state index in [0.29, 0.717) is 0 Å². The van der Waals surface area contributed by atoms with E-state index >= 15 is 0 Å². The number of hydrogen-bond donors (Lipinski definition) is 6. The summed E-state index contributed by atoms with van der Waals surface area (Å²) < 4.78 is 94.8. The summed E-state index contributed by atoms with van der Waals surface area (Å²) in [5, 5.41) is 0.